The molecule has 2 heterocycles. The SMILES string of the molecule is CCNC(=NCC1CCCOC1C(C)(C)C)NC1CC(C)N(C2CC2)C1.I. The normalized spacial score (nSPS) is 32.9. The molecule has 3 fully saturated rings. The lowest BCUT2D eigenvalue weighted by Gasteiger charge is -2.39. The first kappa shape index (κ1) is 23.2. The highest BCUT2D eigenvalue weighted by Gasteiger charge is 2.39. The van der Waals surface area contributed by atoms with Crippen LogP contribution in [0.5, 0.6) is 0 Å². The van der Waals surface area contributed by atoms with Gasteiger partial charge in [0.25, 0.3) is 0 Å². The van der Waals surface area contributed by atoms with Crippen molar-refractivity contribution in [2.75, 3.05) is 26.2 Å². The van der Waals surface area contributed by atoms with Crippen molar-refractivity contribution in [2.24, 2.45) is 16.3 Å². The van der Waals surface area contributed by atoms with Gasteiger partial charge in [-0.15, -0.1) is 24.0 Å². The molecule has 0 spiro atoms. The van der Waals surface area contributed by atoms with Gasteiger partial charge in [0.15, 0.2) is 5.96 Å². The molecule has 158 valence electrons. The molecule has 0 bridgehead atoms. The Balaban J connectivity index is 0.00000261. The summed E-state index contributed by atoms with van der Waals surface area (Å²) in [6.07, 6.45) is 6.69. The van der Waals surface area contributed by atoms with Crippen molar-refractivity contribution in [3.63, 3.8) is 0 Å². The number of nitrogens with one attached hydrogen (secondary N) is 2. The molecule has 0 radical (unpaired) electrons. The summed E-state index contributed by atoms with van der Waals surface area (Å²) in [5.74, 6) is 1.50. The second kappa shape index (κ2) is 10.1. The number of hydrogen-bond donors (Lipinski definition) is 2. The smallest absolute Gasteiger partial charge is 0.191 e. The first-order valence-electron chi connectivity index (χ1n) is 10.8. The van der Waals surface area contributed by atoms with Crippen LogP contribution in [0.3, 0.4) is 0 Å². The molecule has 2 saturated heterocycles. The zero-order valence-corrected chi connectivity index (χ0v) is 20.3. The fourth-order valence-electron chi connectivity index (χ4n) is 4.79. The van der Waals surface area contributed by atoms with Crippen LogP contribution in [0.15, 0.2) is 4.99 Å². The quantitative estimate of drug-likeness (QED) is 0.350. The number of hydrogen-bond acceptors (Lipinski definition) is 3. The minimum absolute atomic E-state index is 0. The third-order valence-corrected chi connectivity index (χ3v) is 6.11. The molecule has 0 amide bonds. The van der Waals surface area contributed by atoms with Crippen LogP contribution >= 0.6 is 24.0 Å². The van der Waals surface area contributed by atoms with E-state index < -0.39 is 0 Å². The van der Waals surface area contributed by atoms with Crippen molar-refractivity contribution < 1.29 is 4.74 Å². The Bertz CT molecular complexity index is 489. The number of aliphatic imine (C=N–C) groups is 1. The molecule has 27 heavy (non-hydrogen) atoms. The molecule has 4 unspecified atom stereocenters. The highest BCUT2D eigenvalue weighted by Crippen LogP contribution is 2.35. The van der Waals surface area contributed by atoms with Gasteiger partial charge in [-0.25, -0.2) is 0 Å². The van der Waals surface area contributed by atoms with Gasteiger partial charge in [0.1, 0.15) is 0 Å². The zero-order valence-electron chi connectivity index (χ0n) is 18.0. The van der Waals surface area contributed by atoms with Crippen molar-refractivity contribution in [1.29, 1.82) is 0 Å². The van der Waals surface area contributed by atoms with Crippen molar-refractivity contribution >= 4 is 29.9 Å². The summed E-state index contributed by atoms with van der Waals surface area (Å²) in [6, 6.07) is 2.06. The lowest BCUT2D eigenvalue weighted by Crippen LogP contribution is -2.46. The Morgan fingerprint density at radius 1 is 1.22 bits per heavy atom. The fourth-order valence-corrected chi connectivity index (χ4v) is 4.79. The topological polar surface area (TPSA) is 48.9 Å². The molecule has 2 aliphatic heterocycles. The van der Waals surface area contributed by atoms with Gasteiger partial charge >= 0.3 is 0 Å². The maximum Gasteiger partial charge on any atom is 0.191 e. The summed E-state index contributed by atoms with van der Waals surface area (Å²) < 4.78 is 6.13. The molecule has 0 aromatic carbocycles. The predicted octanol–water partition coefficient (Wildman–Crippen LogP) is 3.63. The number of guanidine groups is 1. The summed E-state index contributed by atoms with van der Waals surface area (Å²) in [5, 5.41) is 7.17. The van der Waals surface area contributed by atoms with Gasteiger partial charge in [-0.3, -0.25) is 9.89 Å². The highest BCUT2D eigenvalue weighted by molar-refractivity contribution is 14.0. The van der Waals surface area contributed by atoms with Crippen LogP contribution < -0.4 is 10.6 Å². The van der Waals surface area contributed by atoms with Crippen LogP contribution in [-0.2, 0) is 4.74 Å². The minimum atomic E-state index is 0. The molecule has 1 aliphatic carbocycles. The van der Waals surface area contributed by atoms with E-state index in [2.05, 4.69) is 50.2 Å². The Morgan fingerprint density at radius 2 is 1.96 bits per heavy atom. The molecular weight excluding hydrogens is 451 g/mol. The molecule has 5 nitrogen and oxygen atoms in total. The molecule has 0 aromatic rings. The van der Waals surface area contributed by atoms with Crippen LogP contribution in [0.1, 0.15) is 66.7 Å². The van der Waals surface area contributed by atoms with Gasteiger partial charge in [0.05, 0.1) is 6.10 Å². The lowest BCUT2D eigenvalue weighted by molar-refractivity contribution is -0.0823. The average Bonchev–Trinajstić information content (AvgIpc) is 3.36. The predicted molar refractivity (Wildman–Crippen MR) is 124 cm³/mol. The monoisotopic (exact) mass is 492 g/mol. The number of likely N-dealkylation sites (tertiary alicyclic amines) is 1. The van der Waals surface area contributed by atoms with Crippen molar-refractivity contribution in [1.82, 2.24) is 15.5 Å². The maximum atomic E-state index is 6.13. The van der Waals surface area contributed by atoms with Crippen molar-refractivity contribution in [2.45, 2.75) is 91.0 Å². The highest BCUT2D eigenvalue weighted by atomic mass is 127. The molecule has 0 aromatic heterocycles. The zero-order chi connectivity index (χ0) is 18.7. The maximum absolute atomic E-state index is 6.13. The second-order valence-corrected chi connectivity index (χ2v) is 9.63. The van der Waals surface area contributed by atoms with Crippen LogP contribution in [0.2, 0.25) is 0 Å². The van der Waals surface area contributed by atoms with E-state index in [1.165, 1.54) is 25.7 Å². The van der Waals surface area contributed by atoms with Gasteiger partial charge in [-0.2, -0.15) is 0 Å². The van der Waals surface area contributed by atoms with Gasteiger partial charge in [-0.05, 0) is 51.4 Å². The number of halogens is 1. The van der Waals surface area contributed by atoms with E-state index in [1.807, 2.05) is 0 Å². The summed E-state index contributed by atoms with van der Waals surface area (Å²) in [4.78, 5) is 7.66. The van der Waals surface area contributed by atoms with E-state index in [0.717, 1.165) is 44.7 Å². The van der Waals surface area contributed by atoms with Gasteiger partial charge in [-0.1, -0.05) is 20.8 Å². The fraction of sp³-hybridized carbons (Fsp3) is 0.952. The van der Waals surface area contributed by atoms with E-state index in [1.54, 1.807) is 0 Å². The molecule has 1 saturated carbocycles. The third kappa shape index (κ3) is 6.46. The Labute approximate surface area is 183 Å². The van der Waals surface area contributed by atoms with Crippen LogP contribution in [0.25, 0.3) is 0 Å². The van der Waals surface area contributed by atoms with E-state index >= 15 is 0 Å². The third-order valence-electron chi connectivity index (χ3n) is 6.11. The average molecular weight is 492 g/mol. The molecular formula is C21H41IN4O. The first-order valence-corrected chi connectivity index (χ1v) is 10.8. The second-order valence-electron chi connectivity index (χ2n) is 9.63. The van der Waals surface area contributed by atoms with Gasteiger partial charge in [0, 0.05) is 50.3 Å². The van der Waals surface area contributed by atoms with Gasteiger partial charge in [0.2, 0.25) is 0 Å². The molecule has 2 N–H and O–H groups in total. The summed E-state index contributed by atoms with van der Waals surface area (Å²) in [7, 11) is 0. The van der Waals surface area contributed by atoms with Crippen molar-refractivity contribution in [3.05, 3.63) is 0 Å². The van der Waals surface area contributed by atoms with E-state index in [-0.39, 0.29) is 29.4 Å². The Kier molecular flexibility index (Phi) is 8.68. The van der Waals surface area contributed by atoms with E-state index in [9.17, 15) is 0 Å². The molecule has 3 rings (SSSR count). The Hall–Kier alpha value is -0.0800. The largest absolute Gasteiger partial charge is 0.377 e. The van der Waals surface area contributed by atoms with Crippen LogP contribution in [0.4, 0.5) is 0 Å². The summed E-state index contributed by atoms with van der Waals surface area (Å²) >= 11 is 0. The number of rotatable bonds is 5. The molecule has 6 heteroatoms. The van der Waals surface area contributed by atoms with Crippen LogP contribution in [-0.4, -0.2) is 61.3 Å². The van der Waals surface area contributed by atoms with Gasteiger partial charge < -0.3 is 15.4 Å². The summed E-state index contributed by atoms with van der Waals surface area (Å²) in [6.45, 7) is 15.2. The van der Waals surface area contributed by atoms with Crippen LogP contribution in [0, 0.1) is 11.3 Å². The lowest BCUT2D eigenvalue weighted by atomic mass is 9.78. The number of nitrogens with zero attached hydrogens (tertiary/aromatic N) is 2. The first-order chi connectivity index (χ1) is 12.4. The minimum Gasteiger partial charge on any atom is -0.377 e. The number of ether oxygens (including phenoxy) is 1. The standard InChI is InChI=1S/C21H40N4O.HI/c1-6-22-20(24-17-12-15(2)25(14-17)18-9-10-18)23-13-16-8-7-11-26-19(16)21(3,4)5;/h15-19H,6-14H2,1-5H3,(H2,22,23,24);1H. The van der Waals surface area contributed by atoms with E-state index in [0.29, 0.717) is 24.1 Å². The summed E-state index contributed by atoms with van der Waals surface area (Å²) in [5.41, 5.74) is 0.179. The van der Waals surface area contributed by atoms with Crippen molar-refractivity contribution in [3.8, 4) is 0 Å². The molecule has 4 atom stereocenters. The Morgan fingerprint density at radius 3 is 2.59 bits per heavy atom. The molecule has 3 aliphatic rings. The van der Waals surface area contributed by atoms with E-state index in [4.69, 9.17) is 9.73 Å².